The van der Waals surface area contributed by atoms with E-state index in [4.69, 9.17) is 36.6 Å². The van der Waals surface area contributed by atoms with E-state index in [0.29, 0.717) is 51.0 Å². The first-order valence-corrected chi connectivity index (χ1v) is 23.1. The highest BCUT2D eigenvalue weighted by Crippen LogP contribution is 2.40. The van der Waals surface area contributed by atoms with Gasteiger partial charge in [-0.2, -0.15) is 5.26 Å². The molecule has 5 rings (SSSR count). The lowest BCUT2D eigenvalue weighted by molar-refractivity contribution is -0.141. The number of carbonyl (C=O) groups is 5. The van der Waals surface area contributed by atoms with Crippen molar-refractivity contribution in [3.8, 4) is 28.7 Å². The van der Waals surface area contributed by atoms with Crippen molar-refractivity contribution in [3.63, 3.8) is 0 Å². The SMILES string of the molecule is Cc1nc(C(C)(C)c2ccc(C(C)(C)C)cc2)nc(C)c1C(=O)N[C@@H](CCN)C(=O)N(C)[C@@H]1C(=O)N[C@@H](C)C(=O)N[C@H](C(=O)NCC#N)Cc2ccc(OCCN)c(c2)-c2cc1ccc2OCCN. The van der Waals surface area contributed by atoms with Crippen LogP contribution < -0.4 is 47.9 Å². The number of rotatable bonds is 16. The van der Waals surface area contributed by atoms with Gasteiger partial charge in [-0.1, -0.05) is 57.2 Å². The molecule has 18 nitrogen and oxygen atoms in total. The maximum atomic E-state index is 14.8. The minimum Gasteiger partial charge on any atom is -0.492 e. The number of aromatic nitrogens is 2. The molecule has 0 saturated carbocycles. The van der Waals surface area contributed by atoms with Crippen LogP contribution in [0.5, 0.6) is 11.5 Å². The summed E-state index contributed by atoms with van der Waals surface area (Å²) in [5.41, 5.74) is 22.2. The fourth-order valence-corrected chi connectivity index (χ4v) is 8.20. The second kappa shape index (κ2) is 22.9. The minimum atomic E-state index is -1.41. The average Bonchev–Trinajstić information content (AvgIpc) is 3.30. The molecule has 0 unspecified atom stereocenters. The summed E-state index contributed by atoms with van der Waals surface area (Å²) >= 11 is 0. The number of nitrogens with zero attached hydrogens (tertiary/aromatic N) is 4. The van der Waals surface area contributed by atoms with Crippen molar-refractivity contribution in [1.29, 1.82) is 5.26 Å². The number of nitriles is 1. The molecule has 368 valence electrons. The molecule has 0 aliphatic carbocycles. The fraction of sp³-hybridized carbons (Fsp3) is 0.451. The number of fused-ring (bicyclic) bond motifs is 5. The van der Waals surface area contributed by atoms with Crippen LogP contribution in [0.25, 0.3) is 11.1 Å². The summed E-state index contributed by atoms with van der Waals surface area (Å²) in [6, 6.07) is 15.4. The number of aryl methyl sites for hydroxylation is 2. The van der Waals surface area contributed by atoms with Gasteiger partial charge in [-0.3, -0.25) is 24.0 Å². The monoisotopic (exact) mass is 946 g/mol. The predicted molar refractivity (Wildman–Crippen MR) is 262 cm³/mol. The van der Waals surface area contributed by atoms with Crippen molar-refractivity contribution in [2.24, 2.45) is 17.2 Å². The van der Waals surface area contributed by atoms with Crippen LogP contribution >= 0.6 is 0 Å². The third-order valence-electron chi connectivity index (χ3n) is 12.1. The summed E-state index contributed by atoms with van der Waals surface area (Å²) in [6.45, 7) is 15.8. The zero-order chi connectivity index (χ0) is 50.8. The molecule has 2 heterocycles. The molecule has 4 bridgehead atoms. The van der Waals surface area contributed by atoms with Gasteiger partial charge in [-0.25, -0.2) is 9.97 Å². The van der Waals surface area contributed by atoms with Crippen molar-refractivity contribution >= 4 is 29.5 Å². The molecule has 3 aromatic carbocycles. The summed E-state index contributed by atoms with van der Waals surface area (Å²) in [5, 5.41) is 20.0. The molecule has 1 aliphatic heterocycles. The van der Waals surface area contributed by atoms with Crippen molar-refractivity contribution in [1.82, 2.24) is 36.1 Å². The van der Waals surface area contributed by atoms with Gasteiger partial charge in [0.1, 0.15) is 61.2 Å². The average molecular weight is 946 g/mol. The van der Waals surface area contributed by atoms with E-state index in [1.54, 1.807) is 50.2 Å². The van der Waals surface area contributed by atoms with E-state index >= 15 is 0 Å². The van der Waals surface area contributed by atoms with E-state index in [-0.39, 0.29) is 63.2 Å². The Balaban J connectivity index is 1.56. The summed E-state index contributed by atoms with van der Waals surface area (Å²) in [7, 11) is 1.42. The molecule has 4 aromatic rings. The lowest BCUT2D eigenvalue weighted by Crippen LogP contribution is -2.56. The predicted octanol–water partition coefficient (Wildman–Crippen LogP) is 2.89. The summed E-state index contributed by atoms with van der Waals surface area (Å²) in [4.78, 5) is 81.7. The van der Waals surface area contributed by atoms with Gasteiger partial charge in [-0.15, -0.1) is 0 Å². The van der Waals surface area contributed by atoms with Gasteiger partial charge in [0.25, 0.3) is 5.91 Å². The standard InChI is InChI=1S/C51H67N11O7/c1-29-42(30(2)59-49(58-29)51(7,8)35-14-12-34(13-15-35)50(4,5)6)46(65)60-38(18-19-52)48(67)62(9)43-33-11-17-41(69-25-22-55)37(28-33)36-26-32(10-16-40(36)68-24-21-54)27-39(45(64)56-23-20-53)61-44(63)31(3)57-47(43)66/h10-17,26,28,31,38-39,43H,18-19,21-25,27,52,54-55H2,1-9H3,(H,56,64)(H,57,66)(H,60,65)(H,61,63)/t31-,38-,39-,43-/m0/s1. The molecule has 10 N–H and O–H groups in total. The Morgan fingerprint density at radius 1 is 0.841 bits per heavy atom. The molecule has 1 aromatic heterocycles. The third-order valence-corrected chi connectivity index (χ3v) is 12.1. The van der Waals surface area contributed by atoms with Crippen molar-refractivity contribution in [2.75, 3.05) is 46.4 Å². The Morgan fingerprint density at radius 2 is 1.42 bits per heavy atom. The molecule has 0 fully saturated rings. The Kier molecular flexibility index (Phi) is 17.6. The van der Waals surface area contributed by atoms with Crippen LogP contribution in [0.4, 0.5) is 0 Å². The van der Waals surface area contributed by atoms with Crippen LogP contribution in [0.15, 0.2) is 60.7 Å². The van der Waals surface area contributed by atoms with Gasteiger partial charge >= 0.3 is 0 Å². The second-order valence-electron chi connectivity index (χ2n) is 18.7. The van der Waals surface area contributed by atoms with E-state index < -0.39 is 59.1 Å². The summed E-state index contributed by atoms with van der Waals surface area (Å²) in [5.74, 6) is -2.05. The third kappa shape index (κ3) is 12.6. The van der Waals surface area contributed by atoms with Gasteiger partial charge in [0.2, 0.25) is 23.6 Å². The van der Waals surface area contributed by atoms with Crippen LogP contribution in [0.2, 0.25) is 0 Å². The van der Waals surface area contributed by atoms with Gasteiger partial charge < -0.3 is 52.8 Å². The first-order chi connectivity index (χ1) is 32.7. The van der Waals surface area contributed by atoms with Crippen LogP contribution in [0.1, 0.15) is 104 Å². The normalized spacial score (nSPS) is 16.7. The zero-order valence-corrected chi connectivity index (χ0v) is 41.1. The van der Waals surface area contributed by atoms with Crippen molar-refractivity contribution in [3.05, 3.63) is 106 Å². The zero-order valence-electron chi connectivity index (χ0n) is 41.1. The Labute approximate surface area is 404 Å². The highest BCUT2D eigenvalue weighted by Gasteiger charge is 2.37. The number of benzene rings is 3. The highest BCUT2D eigenvalue weighted by molar-refractivity contribution is 6.00. The van der Waals surface area contributed by atoms with Gasteiger partial charge in [0.15, 0.2) is 0 Å². The van der Waals surface area contributed by atoms with Crippen LogP contribution in [0, 0.1) is 25.2 Å². The number of hydrogen-bond acceptors (Lipinski definition) is 13. The number of carbonyl (C=O) groups excluding carboxylic acids is 5. The number of hydrogen-bond donors (Lipinski definition) is 7. The van der Waals surface area contributed by atoms with Crippen LogP contribution in [-0.2, 0) is 36.4 Å². The topological polar surface area (TPSA) is 283 Å². The molecule has 5 amide bonds. The molecule has 1 aliphatic rings. The number of amides is 5. The van der Waals surface area contributed by atoms with E-state index in [9.17, 15) is 29.2 Å². The maximum absolute atomic E-state index is 14.8. The van der Waals surface area contributed by atoms with E-state index in [2.05, 4.69) is 66.3 Å². The van der Waals surface area contributed by atoms with Crippen LogP contribution in [-0.4, -0.2) is 109 Å². The fourth-order valence-electron chi connectivity index (χ4n) is 8.20. The summed E-state index contributed by atoms with van der Waals surface area (Å²) in [6.07, 6.45) is -0.00212. The highest BCUT2D eigenvalue weighted by atomic mass is 16.5. The first kappa shape index (κ1) is 53.0. The lowest BCUT2D eigenvalue weighted by atomic mass is 9.80. The molecule has 0 saturated heterocycles. The lowest BCUT2D eigenvalue weighted by Gasteiger charge is -2.33. The second-order valence-corrected chi connectivity index (χ2v) is 18.7. The Hall–Kier alpha value is -6.94. The molecule has 0 spiro atoms. The Morgan fingerprint density at radius 3 is 1.99 bits per heavy atom. The molecule has 69 heavy (non-hydrogen) atoms. The number of likely N-dealkylation sites (N-methyl/N-ethyl adjacent to an activating group) is 1. The first-order valence-electron chi connectivity index (χ1n) is 23.1. The van der Waals surface area contributed by atoms with Crippen molar-refractivity contribution in [2.45, 2.75) is 103 Å². The summed E-state index contributed by atoms with van der Waals surface area (Å²) < 4.78 is 12.2. The smallest absolute Gasteiger partial charge is 0.255 e. The van der Waals surface area contributed by atoms with E-state index in [0.717, 1.165) is 5.56 Å². The molecule has 18 heteroatoms. The molecule has 4 atom stereocenters. The largest absolute Gasteiger partial charge is 0.492 e. The number of nitrogens with two attached hydrogens (primary N) is 3. The van der Waals surface area contributed by atoms with Gasteiger partial charge in [-0.05, 0) is 99.5 Å². The van der Waals surface area contributed by atoms with Crippen molar-refractivity contribution < 1.29 is 33.4 Å². The Bertz CT molecular complexity index is 2550. The van der Waals surface area contributed by atoms with Gasteiger partial charge in [0, 0.05) is 43.1 Å². The van der Waals surface area contributed by atoms with E-state index in [1.807, 2.05) is 19.9 Å². The molecular weight excluding hydrogens is 879 g/mol. The maximum Gasteiger partial charge on any atom is 0.255 e. The minimum absolute atomic E-state index is 0.000170. The quantitative estimate of drug-likeness (QED) is 0.0797. The number of ether oxygens (including phenoxy) is 2. The van der Waals surface area contributed by atoms with Crippen LogP contribution in [0.3, 0.4) is 0 Å². The van der Waals surface area contributed by atoms with E-state index in [1.165, 1.54) is 24.4 Å². The number of nitrogens with one attached hydrogen (secondary N) is 4. The van der Waals surface area contributed by atoms with Gasteiger partial charge in [0.05, 0.1) is 23.0 Å². The molecular formula is C51H67N11O7. The molecule has 0 radical (unpaired) electrons.